The predicted octanol–water partition coefficient (Wildman–Crippen LogP) is 3.73. The lowest BCUT2D eigenvalue weighted by molar-refractivity contribution is 0.281. The molecule has 0 saturated carbocycles. The van der Waals surface area contributed by atoms with Crippen LogP contribution in [0.25, 0.3) is 0 Å². The van der Waals surface area contributed by atoms with Gasteiger partial charge in [0.2, 0.25) is 0 Å². The largest absolute Gasteiger partial charge is 0.508 e. The number of aromatic hydroxyl groups is 2. The molecule has 0 saturated heterocycles. The molecule has 2 aromatic rings. The molecule has 2 rings (SSSR count). The van der Waals surface area contributed by atoms with Gasteiger partial charge in [-0.15, -0.1) is 0 Å². The molecule has 2 N–H and O–H groups in total. The summed E-state index contributed by atoms with van der Waals surface area (Å²) in [6.07, 6.45) is 2.75. The molecule has 0 bridgehead atoms. The Balaban J connectivity index is 1.87. The smallest absolute Gasteiger partial charge is 0.165 e. The zero-order chi connectivity index (χ0) is 16.7. The summed E-state index contributed by atoms with van der Waals surface area (Å²) in [5.74, 6) is -0.575. The van der Waals surface area contributed by atoms with E-state index in [1.165, 1.54) is 17.7 Å². The fourth-order valence-electron chi connectivity index (χ4n) is 2.59. The third-order valence-electron chi connectivity index (χ3n) is 3.92. The van der Waals surface area contributed by atoms with Crippen molar-refractivity contribution in [2.75, 3.05) is 19.6 Å². The minimum Gasteiger partial charge on any atom is -0.508 e. The first-order valence-corrected chi connectivity index (χ1v) is 8.06. The maximum Gasteiger partial charge on any atom is 0.165 e. The summed E-state index contributed by atoms with van der Waals surface area (Å²) >= 11 is 0. The lowest BCUT2D eigenvalue weighted by atomic mass is 10.1. The highest BCUT2D eigenvalue weighted by Crippen LogP contribution is 2.17. The van der Waals surface area contributed by atoms with E-state index in [-0.39, 0.29) is 11.5 Å². The Morgan fingerprint density at radius 1 is 0.870 bits per heavy atom. The first kappa shape index (κ1) is 17.3. The van der Waals surface area contributed by atoms with E-state index in [1.54, 1.807) is 18.2 Å². The molecule has 0 heterocycles. The second kappa shape index (κ2) is 8.53. The van der Waals surface area contributed by atoms with Gasteiger partial charge in [-0.05, 0) is 61.2 Å². The van der Waals surface area contributed by atoms with Crippen LogP contribution in [0.3, 0.4) is 0 Å². The molecule has 124 valence electrons. The van der Waals surface area contributed by atoms with Gasteiger partial charge in [0.05, 0.1) is 0 Å². The third-order valence-corrected chi connectivity index (χ3v) is 3.92. The number of hydrogen-bond acceptors (Lipinski definition) is 3. The van der Waals surface area contributed by atoms with Gasteiger partial charge in [0, 0.05) is 13.1 Å². The van der Waals surface area contributed by atoms with Gasteiger partial charge in [-0.2, -0.15) is 0 Å². The van der Waals surface area contributed by atoms with Crippen LogP contribution < -0.4 is 0 Å². The normalized spacial score (nSPS) is 11.1. The molecule has 4 heteroatoms. The lowest BCUT2D eigenvalue weighted by Crippen LogP contribution is -2.29. The van der Waals surface area contributed by atoms with Crippen molar-refractivity contribution in [1.82, 2.24) is 4.90 Å². The molecule has 0 aliphatic carbocycles. The fraction of sp³-hybridized carbons (Fsp3) is 0.368. The Bertz CT molecular complexity index is 613. The van der Waals surface area contributed by atoms with Crippen LogP contribution in [0.1, 0.15) is 24.5 Å². The summed E-state index contributed by atoms with van der Waals surface area (Å²) in [5, 5.41) is 18.5. The molecule has 0 unspecified atom stereocenters. The van der Waals surface area contributed by atoms with Gasteiger partial charge in [-0.1, -0.05) is 25.1 Å². The summed E-state index contributed by atoms with van der Waals surface area (Å²) in [6.45, 7) is 4.93. The SMILES string of the molecule is CCCN(CCc1ccc(O)cc1)CCc1ccc(O)c(F)c1. The number of phenolic OH excluding ortho intramolecular Hbond substituents is 2. The Labute approximate surface area is 137 Å². The van der Waals surface area contributed by atoms with Crippen LogP contribution in [0, 0.1) is 5.82 Å². The number of halogens is 1. The van der Waals surface area contributed by atoms with Gasteiger partial charge in [0.15, 0.2) is 11.6 Å². The van der Waals surface area contributed by atoms with Crippen LogP contribution >= 0.6 is 0 Å². The predicted molar refractivity (Wildman–Crippen MR) is 90.3 cm³/mol. The standard InChI is InChI=1S/C19H24FNO2/c1-2-11-21(12-9-15-3-6-17(22)7-4-15)13-10-16-5-8-19(23)18(20)14-16/h3-8,14,22-23H,2,9-13H2,1H3. The molecule has 0 fully saturated rings. The van der Waals surface area contributed by atoms with Crippen LogP contribution in [0.15, 0.2) is 42.5 Å². The van der Waals surface area contributed by atoms with E-state index >= 15 is 0 Å². The maximum atomic E-state index is 13.4. The van der Waals surface area contributed by atoms with E-state index in [2.05, 4.69) is 11.8 Å². The summed E-state index contributed by atoms with van der Waals surface area (Å²) < 4.78 is 13.4. The molecular weight excluding hydrogens is 293 g/mol. The van der Waals surface area contributed by atoms with E-state index in [1.807, 2.05) is 12.1 Å². The minimum atomic E-state index is -0.561. The summed E-state index contributed by atoms with van der Waals surface area (Å²) in [7, 11) is 0. The van der Waals surface area contributed by atoms with E-state index < -0.39 is 5.82 Å². The Morgan fingerprint density at radius 3 is 2.09 bits per heavy atom. The van der Waals surface area contributed by atoms with Gasteiger partial charge < -0.3 is 15.1 Å². The lowest BCUT2D eigenvalue weighted by Gasteiger charge is -2.21. The van der Waals surface area contributed by atoms with Crippen molar-refractivity contribution in [3.63, 3.8) is 0 Å². The zero-order valence-electron chi connectivity index (χ0n) is 13.5. The van der Waals surface area contributed by atoms with Crippen LogP contribution in [-0.2, 0) is 12.8 Å². The van der Waals surface area contributed by atoms with Crippen molar-refractivity contribution in [3.05, 3.63) is 59.4 Å². The molecule has 0 atom stereocenters. The van der Waals surface area contributed by atoms with Crippen molar-refractivity contribution < 1.29 is 14.6 Å². The first-order valence-electron chi connectivity index (χ1n) is 8.06. The first-order chi connectivity index (χ1) is 11.1. The van der Waals surface area contributed by atoms with Crippen LogP contribution in [0.4, 0.5) is 4.39 Å². The molecule has 23 heavy (non-hydrogen) atoms. The monoisotopic (exact) mass is 317 g/mol. The van der Waals surface area contributed by atoms with Crippen LogP contribution in [0.2, 0.25) is 0 Å². The number of phenols is 2. The van der Waals surface area contributed by atoms with Crippen molar-refractivity contribution in [1.29, 1.82) is 0 Å². The molecular formula is C19H24FNO2. The number of hydrogen-bond donors (Lipinski definition) is 2. The van der Waals surface area contributed by atoms with E-state index in [9.17, 15) is 14.6 Å². The highest BCUT2D eigenvalue weighted by Gasteiger charge is 2.07. The highest BCUT2D eigenvalue weighted by molar-refractivity contribution is 5.28. The summed E-state index contributed by atoms with van der Waals surface area (Å²) in [5.41, 5.74) is 2.09. The Hall–Kier alpha value is -2.07. The summed E-state index contributed by atoms with van der Waals surface area (Å²) in [4.78, 5) is 2.36. The third kappa shape index (κ3) is 5.57. The zero-order valence-corrected chi connectivity index (χ0v) is 13.5. The minimum absolute atomic E-state index is 0.286. The van der Waals surface area contributed by atoms with Gasteiger partial charge in [-0.3, -0.25) is 0 Å². The van der Waals surface area contributed by atoms with Crippen molar-refractivity contribution >= 4 is 0 Å². The van der Waals surface area contributed by atoms with Gasteiger partial charge in [-0.25, -0.2) is 4.39 Å². The van der Waals surface area contributed by atoms with Crippen LogP contribution in [0.5, 0.6) is 11.5 Å². The van der Waals surface area contributed by atoms with Crippen molar-refractivity contribution in [2.45, 2.75) is 26.2 Å². The molecule has 0 aliphatic rings. The average Bonchev–Trinajstić information content (AvgIpc) is 2.55. The fourth-order valence-corrected chi connectivity index (χ4v) is 2.59. The topological polar surface area (TPSA) is 43.7 Å². The van der Waals surface area contributed by atoms with E-state index in [0.29, 0.717) is 0 Å². The highest BCUT2D eigenvalue weighted by atomic mass is 19.1. The summed E-state index contributed by atoms with van der Waals surface area (Å²) in [6, 6.07) is 11.9. The number of benzene rings is 2. The molecule has 0 spiro atoms. The second-order valence-corrected chi connectivity index (χ2v) is 5.79. The molecule has 0 radical (unpaired) electrons. The Morgan fingerprint density at radius 2 is 1.48 bits per heavy atom. The van der Waals surface area contributed by atoms with Gasteiger partial charge >= 0.3 is 0 Å². The molecule has 0 aliphatic heterocycles. The van der Waals surface area contributed by atoms with Crippen molar-refractivity contribution in [2.24, 2.45) is 0 Å². The molecule has 2 aromatic carbocycles. The quantitative estimate of drug-likeness (QED) is 0.779. The van der Waals surface area contributed by atoms with Gasteiger partial charge in [0.25, 0.3) is 0 Å². The van der Waals surface area contributed by atoms with Gasteiger partial charge in [0.1, 0.15) is 5.75 Å². The Kier molecular flexibility index (Phi) is 6.41. The van der Waals surface area contributed by atoms with E-state index in [4.69, 9.17) is 0 Å². The average molecular weight is 317 g/mol. The van der Waals surface area contributed by atoms with Crippen molar-refractivity contribution in [3.8, 4) is 11.5 Å². The molecule has 0 aromatic heterocycles. The van der Waals surface area contributed by atoms with Crippen LogP contribution in [-0.4, -0.2) is 34.7 Å². The van der Waals surface area contributed by atoms with E-state index in [0.717, 1.165) is 44.5 Å². The molecule has 3 nitrogen and oxygen atoms in total. The number of nitrogens with zero attached hydrogens (tertiary/aromatic N) is 1. The second-order valence-electron chi connectivity index (χ2n) is 5.79. The molecule has 0 amide bonds. The maximum absolute atomic E-state index is 13.4. The number of rotatable bonds is 8.